The fourth-order valence-corrected chi connectivity index (χ4v) is 3.42. The number of amidine groups is 2. The van der Waals surface area contributed by atoms with Crippen molar-refractivity contribution in [3.8, 4) is 0 Å². The fraction of sp³-hybridized carbons (Fsp3) is 0.700. The normalized spacial score (nSPS) is 42.6. The van der Waals surface area contributed by atoms with Gasteiger partial charge in [-0.1, -0.05) is 11.6 Å². The number of hydrogen-bond acceptors (Lipinski definition) is 9. The second-order valence-corrected chi connectivity index (χ2v) is 6.38. The Morgan fingerprint density at radius 2 is 2.19 bits per heavy atom. The van der Waals surface area contributed by atoms with Gasteiger partial charge in [0.2, 0.25) is 5.12 Å². The van der Waals surface area contributed by atoms with Crippen molar-refractivity contribution in [2.24, 2.45) is 20.7 Å². The fourth-order valence-electron chi connectivity index (χ4n) is 2.44. The van der Waals surface area contributed by atoms with E-state index in [1.165, 1.54) is 4.90 Å². The summed E-state index contributed by atoms with van der Waals surface area (Å²) in [5.74, 6) is 0.349. The first-order valence-corrected chi connectivity index (χ1v) is 7.57. The van der Waals surface area contributed by atoms with E-state index in [-0.39, 0.29) is 12.4 Å². The van der Waals surface area contributed by atoms with Crippen LogP contribution in [-0.4, -0.2) is 78.5 Å². The number of aliphatic imine (C=N–C) groups is 3. The van der Waals surface area contributed by atoms with E-state index in [1.54, 1.807) is 0 Å². The van der Waals surface area contributed by atoms with Crippen molar-refractivity contribution in [1.29, 1.82) is 0 Å². The molecule has 3 rings (SSSR count). The summed E-state index contributed by atoms with van der Waals surface area (Å²) in [6, 6.07) is 0. The molecule has 11 heteroatoms. The van der Waals surface area contributed by atoms with Gasteiger partial charge in [-0.25, -0.2) is 9.98 Å². The number of hydrogen-bond donors (Lipinski definition) is 4. The van der Waals surface area contributed by atoms with E-state index in [2.05, 4.69) is 15.0 Å². The molecule has 9 nitrogen and oxygen atoms in total. The molecular formula is C10H13ClIN5O4. The molecule has 3 aliphatic rings. The zero-order chi connectivity index (χ0) is 15.4. The van der Waals surface area contributed by atoms with Crippen molar-refractivity contribution in [3.05, 3.63) is 0 Å². The molecule has 0 aliphatic carbocycles. The summed E-state index contributed by atoms with van der Waals surface area (Å²) in [7, 11) is 0. The van der Waals surface area contributed by atoms with Gasteiger partial charge in [0.25, 0.3) is 0 Å². The molecule has 0 aromatic carbocycles. The van der Waals surface area contributed by atoms with Crippen LogP contribution in [0.1, 0.15) is 0 Å². The average molecular weight is 430 g/mol. The summed E-state index contributed by atoms with van der Waals surface area (Å²) >= 11 is 7.99. The van der Waals surface area contributed by atoms with Crippen LogP contribution in [-0.2, 0) is 4.74 Å². The first-order chi connectivity index (χ1) is 9.85. The number of alkyl halides is 1. The van der Waals surface area contributed by atoms with Crippen LogP contribution in [0.25, 0.3) is 0 Å². The third kappa shape index (κ3) is 2.48. The molecule has 3 aliphatic heterocycles. The predicted octanol–water partition coefficient (Wildman–Crippen LogP) is -1.81. The molecule has 0 aromatic heterocycles. The number of rotatable bonds is 2. The van der Waals surface area contributed by atoms with Gasteiger partial charge in [-0.15, -0.1) is 0 Å². The maximum Gasteiger partial charge on any atom is 0.233 e. The minimum Gasteiger partial charge on any atom is -0.394 e. The summed E-state index contributed by atoms with van der Waals surface area (Å²) in [5, 5.41) is 27.5. The lowest BCUT2D eigenvalue weighted by molar-refractivity contribution is -0.0688. The molecule has 0 saturated carbocycles. The van der Waals surface area contributed by atoms with Gasteiger partial charge < -0.3 is 25.0 Å². The van der Waals surface area contributed by atoms with E-state index in [9.17, 15) is 10.2 Å². The van der Waals surface area contributed by atoms with E-state index in [0.717, 1.165) is 0 Å². The second kappa shape index (κ2) is 5.37. The Morgan fingerprint density at radius 3 is 2.81 bits per heavy atom. The molecule has 5 N–H and O–H groups in total. The van der Waals surface area contributed by atoms with E-state index >= 15 is 0 Å². The highest BCUT2D eigenvalue weighted by Gasteiger charge is 2.50. The average Bonchev–Trinajstić information content (AvgIpc) is 2.93. The summed E-state index contributed by atoms with van der Waals surface area (Å²) in [6.07, 6.45) is -4.17. The van der Waals surface area contributed by atoms with Gasteiger partial charge in [-0.3, -0.25) is 10.7 Å². The number of aliphatic hydroxyl groups excluding tert-OH is 3. The summed E-state index contributed by atoms with van der Waals surface area (Å²) in [5.41, 5.74) is 6.15. The van der Waals surface area contributed by atoms with Gasteiger partial charge in [-0.05, 0) is 0 Å². The number of ether oxygens (including phenoxy) is 1. The van der Waals surface area contributed by atoms with Crippen molar-refractivity contribution in [3.63, 3.8) is 0 Å². The Hall–Kier alpha value is -0.370. The van der Waals surface area contributed by atoms with Crippen LogP contribution in [0.5, 0.6) is 0 Å². The number of nitrogens with zero attached hydrogens (tertiary/aromatic N) is 4. The van der Waals surface area contributed by atoms with Crippen LogP contribution in [0, 0.1) is 0 Å². The first kappa shape index (κ1) is 15.5. The largest absolute Gasteiger partial charge is 0.394 e. The predicted molar refractivity (Wildman–Crippen MR) is 83.6 cm³/mol. The maximum atomic E-state index is 10.1. The molecule has 0 amide bonds. The number of aliphatic hydroxyl groups is 3. The van der Waals surface area contributed by atoms with E-state index in [4.69, 9.17) is 27.2 Å². The molecule has 0 bridgehead atoms. The second-order valence-electron chi connectivity index (χ2n) is 4.84. The van der Waals surface area contributed by atoms with Crippen molar-refractivity contribution < 1.29 is 20.1 Å². The summed E-state index contributed by atoms with van der Waals surface area (Å²) in [6.45, 7) is -0.288. The number of halogens is 2. The van der Waals surface area contributed by atoms with E-state index < -0.39 is 36.3 Å². The SMILES string of the molecule is NC1(Cl)N=C(I)N=C2C1=NCN2[C@@H]1O[C@H](CO)[C@@H](O)[C@H]1O. The number of nitrogens with two attached hydrogens (primary N) is 1. The van der Waals surface area contributed by atoms with Crippen molar-refractivity contribution in [2.75, 3.05) is 13.3 Å². The highest BCUT2D eigenvalue weighted by atomic mass is 127. The van der Waals surface area contributed by atoms with Gasteiger partial charge in [0, 0.05) is 22.6 Å². The quantitative estimate of drug-likeness (QED) is 0.232. The Morgan fingerprint density at radius 1 is 1.48 bits per heavy atom. The molecule has 0 radical (unpaired) electrons. The van der Waals surface area contributed by atoms with Gasteiger partial charge in [-0.2, -0.15) is 0 Å². The lowest BCUT2D eigenvalue weighted by Gasteiger charge is -2.30. The van der Waals surface area contributed by atoms with Gasteiger partial charge in [0.15, 0.2) is 15.9 Å². The highest BCUT2D eigenvalue weighted by Crippen LogP contribution is 2.30. The smallest absolute Gasteiger partial charge is 0.233 e. The minimum absolute atomic E-state index is 0.117. The third-order valence-electron chi connectivity index (χ3n) is 3.47. The molecule has 1 unspecified atom stereocenters. The standard InChI is InChI=1S/C10H13ClIN5O4/c11-10(13)6-7(15-9(12)16-10)17(2-14-6)8-5(20)4(19)3(1-18)21-8/h3-5,8,18-20H,1-2,13H2/t3-,4-,5-,8-,10?/m1/s1. The van der Waals surface area contributed by atoms with E-state index in [1.807, 2.05) is 22.6 Å². The number of fused-ring (bicyclic) bond motifs is 1. The van der Waals surface area contributed by atoms with Gasteiger partial charge in [0.1, 0.15) is 30.7 Å². The van der Waals surface area contributed by atoms with Crippen molar-refractivity contribution in [1.82, 2.24) is 4.90 Å². The van der Waals surface area contributed by atoms with Crippen molar-refractivity contribution >= 4 is 49.6 Å². The minimum atomic E-state index is -1.51. The van der Waals surface area contributed by atoms with Crippen LogP contribution in [0.4, 0.5) is 0 Å². The van der Waals surface area contributed by atoms with Gasteiger partial charge >= 0.3 is 0 Å². The van der Waals surface area contributed by atoms with Crippen molar-refractivity contribution in [2.45, 2.75) is 29.7 Å². The highest BCUT2D eigenvalue weighted by molar-refractivity contribution is 14.1. The lowest BCUT2D eigenvalue weighted by atomic mass is 10.1. The molecule has 0 spiro atoms. The zero-order valence-corrected chi connectivity index (χ0v) is 13.5. The molecule has 1 saturated heterocycles. The molecule has 21 heavy (non-hydrogen) atoms. The topological polar surface area (TPSA) is 136 Å². The lowest BCUT2D eigenvalue weighted by Crippen LogP contribution is -2.53. The monoisotopic (exact) mass is 429 g/mol. The Bertz CT molecular complexity index is 554. The molecule has 0 aromatic rings. The molecule has 116 valence electrons. The summed E-state index contributed by atoms with van der Waals surface area (Å²) < 4.78 is 5.81. The third-order valence-corrected chi connectivity index (χ3v) is 4.22. The van der Waals surface area contributed by atoms with E-state index in [0.29, 0.717) is 9.68 Å². The van der Waals surface area contributed by atoms with Crippen LogP contribution in [0.15, 0.2) is 15.0 Å². The Kier molecular flexibility index (Phi) is 3.97. The molecule has 1 fully saturated rings. The Balaban J connectivity index is 1.89. The summed E-state index contributed by atoms with van der Waals surface area (Å²) in [4.78, 5) is 13.9. The zero-order valence-electron chi connectivity index (χ0n) is 10.6. The van der Waals surface area contributed by atoms with Gasteiger partial charge in [0.05, 0.1) is 6.61 Å². The van der Waals surface area contributed by atoms with Crippen LogP contribution in [0.3, 0.4) is 0 Å². The Labute approximate surface area is 138 Å². The molecule has 5 atom stereocenters. The molecule has 3 heterocycles. The molecular weight excluding hydrogens is 416 g/mol. The van der Waals surface area contributed by atoms with Crippen LogP contribution < -0.4 is 5.73 Å². The maximum absolute atomic E-state index is 10.1. The first-order valence-electron chi connectivity index (χ1n) is 6.11. The van der Waals surface area contributed by atoms with Crippen LogP contribution >= 0.6 is 34.2 Å². The van der Waals surface area contributed by atoms with Crippen LogP contribution in [0.2, 0.25) is 0 Å².